The van der Waals surface area contributed by atoms with Gasteiger partial charge in [-0.3, -0.25) is 19.2 Å². The Hall–Kier alpha value is -3.06. The highest BCUT2D eigenvalue weighted by molar-refractivity contribution is 5.97. The molecule has 7 heteroatoms. The van der Waals surface area contributed by atoms with Crippen LogP contribution in [0.4, 0.5) is 5.69 Å². The molecular weight excluding hydrogens is 354 g/mol. The molecule has 0 radical (unpaired) electrons. The molecule has 0 fully saturated rings. The van der Waals surface area contributed by atoms with E-state index in [1.54, 1.807) is 18.3 Å². The molecule has 0 atom stereocenters. The standard InChI is InChI=1S/C21H25N5O2/c1-3-12-25(13-4-2)15-26-18-10-6-5-9-17(18)19(21(26)28)23-24-20(27)16-8-7-11-22-14-16/h5-11,14,28H,3-4,12-13,15H2,1-2H3. The van der Waals surface area contributed by atoms with E-state index in [9.17, 15) is 9.90 Å². The molecule has 3 rings (SSSR count). The van der Waals surface area contributed by atoms with Crippen molar-refractivity contribution in [2.45, 2.75) is 33.4 Å². The lowest BCUT2D eigenvalue weighted by molar-refractivity contribution is 0.0994. The van der Waals surface area contributed by atoms with E-state index in [0.29, 0.717) is 17.9 Å². The van der Waals surface area contributed by atoms with Crippen LogP contribution in [0.15, 0.2) is 59.0 Å². The van der Waals surface area contributed by atoms with Crippen molar-refractivity contribution in [1.29, 1.82) is 0 Å². The molecule has 1 aromatic carbocycles. The molecule has 0 unspecified atom stereocenters. The summed E-state index contributed by atoms with van der Waals surface area (Å²) in [7, 11) is 0. The molecule has 0 saturated heterocycles. The van der Waals surface area contributed by atoms with Crippen LogP contribution in [0.2, 0.25) is 0 Å². The number of amides is 1. The SMILES string of the molecule is CCCN(CCC)Cn1c(O)c(N=NC(=O)c2cccnc2)c2ccccc21. The first kappa shape index (κ1) is 19.7. The van der Waals surface area contributed by atoms with Crippen molar-refractivity contribution in [2.75, 3.05) is 13.1 Å². The second-order valence-electron chi connectivity index (χ2n) is 6.62. The number of nitrogens with zero attached hydrogens (tertiary/aromatic N) is 5. The summed E-state index contributed by atoms with van der Waals surface area (Å²) < 4.78 is 1.82. The first-order chi connectivity index (χ1) is 13.7. The van der Waals surface area contributed by atoms with Crippen LogP contribution < -0.4 is 0 Å². The number of hydrogen-bond donors (Lipinski definition) is 1. The van der Waals surface area contributed by atoms with Crippen LogP contribution in [-0.4, -0.2) is 38.6 Å². The topological polar surface area (TPSA) is 83.1 Å². The minimum absolute atomic E-state index is 0.0149. The summed E-state index contributed by atoms with van der Waals surface area (Å²) in [5.74, 6) is -0.482. The summed E-state index contributed by atoms with van der Waals surface area (Å²) in [6.45, 7) is 6.71. The van der Waals surface area contributed by atoms with Crippen molar-refractivity contribution in [3.8, 4) is 5.88 Å². The Kier molecular flexibility index (Phi) is 6.49. The molecule has 0 aliphatic heterocycles. The Bertz CT molecular complexity index is 960. The summed E-state index contributed by atoms with van der Waals surface area (Å²) in [5.41, 5.74) is 1.52. The number of aromatic hydroxyl groups is 1. The van der Waals surface area contributed by atoms with Gasteiger partial charge >= 0.3 is 0 Å². The molecule has 0 saturated carbocycles. The zero-order valence-corrected chi connectivity index (χ0v) is 16.2. The molecule has 3 aromatic rings. The van der Waals surface area contributed by atoms with Crippen molar-refractivity contribution in [2.24, 2.45) is 10.2 Å². The van der Waals surface area contributed by atoms with Crippen molar-refractivity contribution in [3.05, 3.63) is 54.4 Å². The van der Waals surface area contributed by atoms with E-state index >= 15 is 0 Å². The number of aromatic nitrogens is 2. The highest BCUT2D eigenvalue weighted by Gasteiger charge is 2.18. The fraction of sp³-hybridized carbons (Fsp3) is 0.333. The van der Waals surface area contributed by atoms with E-state index in [0.717, 1.165) is 36.8 Å². The molecule has 0 bridgehead atoms. The second-order valence-corrected chi connectivity index (χ2v) is 6.62. The van der Waals surface area contributed by atoms with Crippen molar-refractivity contribution < 1.29 is 9.90 Å². The first-order valence-electron chi connectivity index (χ1n) is 9.54. The van der Waals surface area contributed by atoms with Gasteiger partial charge in [0.1, 0.15) is 0 Å². The highest BCUT2D eigenvalue weighted by Crippen LogP contribution is 2.39. The lowest BCUT2D eigenvalue weighted by atomic mass is 10.2. The zero-order chi connectivity index (χ0) is 19.9. The minimum atomic E-state index is -0.497. The van der Waals surface area contributed by atoms with Gasteiger partial charge in [-0.2, -0.15) is 0 Å². The van der Waals surface area contributed by atoms with Crippen LogP contribution >= 0.6 is 0 Å². The molecule has 146 valence electrons. The molecule has 0 aliphatic rings. The Labute approximate surface area is 164 Å². The van der Waals surface area contributed by atoms with Gasteiger partial charge in [0, 0.05) is 17.8 Å². The first-order valence-corrected chi connectivity index (χ1v) is 9.54. The molecule has 1 N–H and O–H groups in total. The van der Waals surface area contributed by atoms with E-state index < -0.39 is 5.91 Å². The van der Waals surface area contributed by atoms with Crippen molar-refractivity contribution >= 4 is 22.5 Å². The van der Waals surface area contributed by atoms with E-state index in [2.05, 4.69) is 34.0 Å². The number of rotatable bonds is 8. The van der Waals surface area contributed by atoms with Crippen LogP contribution in [0, 0.1) is 0 Å². The normalized spacial score (nSPS) is 11.7. The smallest absolute Gasteiger partial charge is 0.296 e. The molecule has 7 nitrogen and oxygen atoms in total. The predicted molar refractivity (Wildman–Crippen MR) is 109 cm³/mol. The fourth-order valence-electron chi connectivity index (χ4n) is 3.24. The molecule has 2 aromatic heterocycles. The molecule has 2 heterocycles. The van der Waals surface area contributed by atoms with Crippen molar-refractivity contribution in [3.63, 3.8) is 0 Å². The summed E-state index contributed by atoms with van der Waals surface area (Å²) >= 11 is 0. The number of para-hydroxylation sites is 1. The monoisotopic (exact) mass is 379 g/mol. The van der Waals surface area contributed by atoms with E-state index in [4.69, 9.17) is 0 Å². The largest absolute Gasteiger partial charge is 0.493 e. The maximum absolute atomic E-state index is 12.2. The molecule has 28 heavy (non-hydrogen) atoms. The zero-order valence-electron chi connectivity index (χ0n) is 16.2. The van der Waals surface area contributed by atoms with E-state index in [1.807, 2.05) is 28.8 Å². The van der Waals surface area contributed by atoms with Crippen molar-refractivity contribution in [1.82, 2.24) is 14.5 Å². The number of benzene rings is 1. The van der Waals surface area contributed by atoms with Crippen LogP contribution in [0.1, 0.15) is 37.0 Å². The molecule has 0 spiro atoms. The average Bonchev–Trinajstić information content (AvgIpc) is 2.98. The van der Waals surface area contributed by atoms with Gasteiger partial charge in [-0.1, -0.05) is 32.0 Å². The van der Waals surface area contributed by atoms with Gasteiger partial charge in [-0.25, -0.2) is 0 Å². The van der Waals surface area contributed by atoms with Crippen LogP contribution in [0.3, 0.4) is 0 Å². The van der Waals surface area contributed by atoms with E-state index in [-0.39, 0.29) is 5.88 Å². The summed E-state index contributed by atoms with van der Waals surface area (Å²) in [5, 5.41) is 19.5. The number of carbonyl (C=O) groups is 1. The summed E-state index contributed by atoms with van der Waals surface area (Å²) in [6, 6.07) is 10.9. The predicted octanol–water partition coefficient (Wildman–Crippen LogP) is 4.75. The lowest BCUT2D eigenvalue weighted by Gasteiger charge is -2.22. The van der Waals surface area contributed by atoms with Gasteiger partial charge in [0.25, 0.3) is 5.91 Å². The molecular formula is C21H25N5O2. The Morgan fingerprint density at radius 2 is 1.89 bits per heavy atom. The number of fused-ring (bicyclic) bond motifs is 1. The van der Waals surface area contributed by atoms with Crippen LogP contribution in [-0.2, 0) is 6.67 Å². The quantitative estimate of drug-likeness (QED) is 0.573. The van der Waals surface area contributed by atoms with Gasteiger partial charge in [0.05, 0.1) is 17.7 Å². The third kappa shape index (κ3) is 4.26. The van der Waals surface area contributed by atoms with Gasteiger partial charge < -0.3 is 5.11 Å². The van der Waals surface area contributed by atoms with Crippen LogP contribution in [0.25, 0.3) is 10.9 Å². The Morgan fingerprint density at radius 3 is 2.57 bits per heavy atom. The summed E-state index contributed by atoms with van der Waals surface area (Å²) in [6.07, 6.45) is 5.10. The Balaban J connectivity index is 1.96. The maximum Gasteiger partial charge on any atom is 0.296 e. The van der Waals surface area contributed by atoms with Gasteiger partial charge in [-0.05, 0) is 44.1 Å². The van der Waals surface area contributed by atoms with Gasteiger partial charge in [0.15, 0.2) is 5.69 Å². The number of hydrogen-bond acceptors (Lipinski definition) is 5. The highest BCUT2D eigenvalue weighted by atomic mass is 16.3. The average molecular weight is 379 g/mol. The number of azo groups is 1. The van der Waals surface area contributed by atoms with Crippen LogP contribution in [0.5, 0.6) is 5.88 Å². The second kappa shape index (κ2) is 9.23. The third-order valence-electron chi connectivity index (χ3n) is 4.49. The molecule has 0 aliphatic carbocycles. The van der Waals surface area contributed by atoms with Gasteiger partial charge in [0.2, 0.25) is 5.88 Å². The number of pyridine rings is 1. The van der Waals surface area contributed by atoms with E-state index in [1.165, 1.54) is 6.20 Å². The lowest BCUT2D eigenvalue weighted by Crippen LogP contribution is -2.27. The molecule has 1 amide bonds. The summed E-state index contributed by atoms with van der Waals surface area (Å²) in [4.78, 5) is 18.4. The Morgan fingerprint density at radius 1 is 1.14 bits per heavy atom. The third-order valence-corrected chi connectivity index (χ3v) is 4.49. The minimum Gasteiger partial charge on any atom is -0.493 e. The fourth-order valence-corrected chi connectivity index (χ4v) is 3.24. The number of carbonyl (C=O) groups excluding carboxylic acids is 1. The van der Waals surface area contributed by atoms with Gasteiger partial charge in [-0.15, -0.1) is 10.2 Å². The maximum atomic E-state index is 12.2.